The average Bonchev–Trinajstić information content (AvgIpc) is 2.44. The standard InChI is InChI=1S/C14H17FN2O2/c1-17-5-4-11-6-12(2-3-13(11)14(17)18)19-9-10(7-15)8-16/h2-3,6-7H,4-5,8-9,16H2,1H3. The summed E-state index contributed by atoms with van der Waals surface area (Å²) in [5.41, 5.74) is 7.43. The van der Waals surface area contributed by atoms with Gasteiger partial charge in [0, 0.05) is 31.3 Å². The Hall–Kier alpha value is -1.88. The van der Waals surface area contributed by atoms with Gasteiger partial charge in [-0.25, -0.2) is 4.39 Å². The lowest BCUT2D eigenvalue weighted by Gasteiger charge is -2.25. The number of hydrogen-bond donors (Lipinski definition) is 1. The number of hydrogen-bond acceptors (Lipinski definition) is 3. The molecule has 0 radical (unpaired) electrons. The molecule has 102 valence electrons. The van der Waals surface area contributed by atoms with Crippen molar-refractivity contribution in [1.82, 2.24) is 4.90 Å². The predicted octanol–water partition coefficient (Wildman–Crippen LogP) is 1.51. The van der Waals surface area contributed by atoms with Gasteiger partial charge in [0.1, 0.15) is 12.4 Å². The summed E-state index contributed by atoms with van der Waals surface area (Å²) in [6, 6.07) is 5.32. The number of likely N-dealkylation sites (N-methyl/N-ethyl adjacent to an activating group) is 1. The Morgan fingerprint density at radius 3 is 3.05 bits per heavy atom. The number of carbonyl (C=O) groups is 1. The summed E-state index contributed by atoms with van der Waals surface area (Å²) in [7, 11) is 1.79. The Morgan fingerprint density at radius 1 is 1.58 bits per heavy atom. The van der Waals surface area contributed by atoms with Crippen LogP contribution in [0.5, 0.6) is 5.75 Å². The molecular weight excluding hydrogens is 247 g/mol. The van der Waals surface area contributed by atoms with Crippen molar-refractivity contribution in [3.8, 4) is 5.75 Å². The Morgan fingerprint density at radius 2 is 2.37 bits per heavy atom. The van der Waals surface area contributed by atoms with Crippen molar-refractivity contribution < 1.29 is 13.9 Å². The molecule has 1 aromatic rings. The molecule has 5 heteroatoms. The first-order chi connectivity index (χ1) is 9.15. The number of fused-ring (bicyclic) bond motifs is 1. The largest absolute Gasteiger partial charge is 0.489 e. The summed E-state index contributed by atoms with van der Waals surface area (Å²) in [4.78, 5) is 13.6. The molecule has 0 spiro atoms. The van der Waals surface area contributed by atoms with Crippen molar-refractivity contribution in [3.05, 3.63) is 41.2 Å². The van der Waals surface area contributed by atoms with Gasteiger partial charge in [-0.15, -0.1) is 0 Å². The number of ether oxygens (including phenoxy) is 1. The first-order valence-corrected chi connectivity index (χ1v) is 6.15. The fourth-order valence-corrected chi connectivity index (χ4v) is 1.98. The number of nitrogens with two attached hydrogens (primary N) is 1. The van der Waals surface area contributed by atoms with Crippen LogP contribution in [0.2, 0.25) is 0 Å². The van der Waals surface area contributed by atoms with E-state index < -0.39 is 0 Å². The van der Waals surface area contributed by atoms with E-state index in [1.807, 2.05) is 6.07 Å². The molecule has 1 aromatic carbocycles. The van der Waals surface area contributed by atoms with Gasteiger partial charge in [0.15, 0.2) is 0 Å². The summed E-state index contributed by atoms with van der Waals surface area (Å²) in [6.45, 7) is 0.956. The van der Waals surface area contributed by atoms with E-state index in [1.54, 1.807) is 24.1 Å². The summed E-state index contributed by atoms with van der Waals surface area (Å²) >= 11 is 0. The Kier molecular flexibility index (Phi) is 4.16. The molecule has 0 atom stereocenters. The summed E-state index contributed by atoms with van der Waals surface area (Å²) < 4.78 is 17.8. The van der Waals surface area contributed by atoms with E-state index in [0.717, 1.165) is 12.0 Å². The molecule has 0 aromatic heterocycles. The topological polar surface area (TPSA) is 55.6 Å². The predicted molar refractivity (Wildman–Crippen MR) is 70.8 cm³/mol. The van der Waals surface area contributed by atoms with Gasteiger partial charge in [0.25, 0.3) is 5.91 Å². The molecule has 19 heavy (non-hydrogen) atoms. The summed E-state index contributed by atoms with van der Waals surface area (Å²) in [5, 5.41) is 0. The molecule has 1 amide bonds. The first kappa shape index (κ1) is 13.5. The zero-order valence-corrected chi connectivity index (χ0v) is 10.9. The molecule has 0 unspecified atom stereocenters. The molecule has 0 aliphatic carbocycles. The maximum absolute atomic E-state index is 12.4. The second-order valence-corrected chi connectivity index (χ2v) is 4.56. The lowest BCUT2D eigenvalue weighted by molar-refractivity contribution is 0.0781. The molecule has 0 saturated carbocycles. The fourth-order valence-electron chi connectivity index (χ4n) is 1.98. The van der Waals surface area contributed by atoms with E-state index in [0.29, 0.717) is 29.8 Å². The Labute approximate surface area is 111 Å². The highest BCUT2D eigenvalue weighted by atomic mass is 19.1. The van der Waals surface area contributed by atoms with Gasteiger partial charge in [0.2, 0.25) is 0 Å². The monoisotopic (exact) mass is 264 g/mol. The number of halogens is 1. The van der Waals surface area contributed by atoms with Crippen LogP contribution in [0.25, 0.3) is 0 Å². The van der Waals surface area contributed by atoms with E-state index in [-0.39, 0.29) is 19.1 Å². The van der Waals surface area contributed by atoms with Gasteiger partial charge < -0.3 is 15.4 Å². The van der Waals surface area contributed by atoms with Gasteiger partial charge in [-0.1, -0.05) is 0 Å². The highest BCUT2D eigenvalue weighted by Gasteiger charge is 2.21. The van der Waals surface area contributed by atoms with Crippen LogP contribution < -0.4 is 10.5 Å². The maximum Gasteiger partial charge on any atom is 0.253 e. The SMILES string of the molecule is CN1CCc2cc(OCC(=CF)CN)ccc2C1=O. The minimum Gasteiger partial charge on any atom is -0.489 e. The van der Waals surface area contributed by atoms with E-state index >= 15 is 0 Å². The molecule has 0 bridgehead atoms. The van der Waals surface area contributed by atoms with E-state index in [2.05, 4.69) is 0 Å². The van der Waals surface area contributed by atoms with Gasteiger partial charge >= 0.3 is 0 Å². The highest BCUT2D eigenvalue weighted by molar-refractivity contribution is 5.96. The molecule has 2 N–H and O–H groups in total. The number of amides is 1. The third kappa shape index (κ3) is 2.93. The second kappa shape index (κ2) is 5.84. The molecule has 4 nitrogen and oxygen atoms in total. The maximum atomic E-state index is 12.4. The molecule has 2 rings (SSSR count). The number of rotatable bonds is 4. The van der Waals surface area contributed by atoms with Crippen LogP contribution in [0.4, 0.5) is 4.39 Å². The fraction of sp³-hybridized carbons (Fsp3) is 0.357. The van der Waals surface area contributed by atoms with Crippen LogP contribution in [0.1, 0.15) is 15.9 Å². The average molecular weight is 264 g/mol. The van der Waals surface area contributed by atoms with Crippen LogP contribution in [0, 0.1) is 0 Å². The molecule has 0 saturated heterocycles. The van der Waals surface area contributed by atoms with Gasteiger partial charge in [0.05, 0.1) is 6.33 Å². The lowest BCUT2D eigenvalue weighted by atomic mass is 9.99. The molecule has 1 aliphatic rings. The minimum atomic E-state index is 0.0269. The third-order valence-corrected chi connectivity index (χ3v) is 3.21. The Bertz CT molecular complexity index is 514. The molecule has 1 heterocycles. The first-order valence-electron chi connectivity index (χ1n) is 6.15. The van der Waals surface area contributed by atoms with Gasteiger partial charge in [-0.2, -0.15) is 0 Å². The van der Waals surface area contributed by atoms with Gasteiger partial charge in [-0.05, 0) is 30.2 Å². The third-order valence-electron chi connectivity index (χ3n) is 3.21. The summed E-state index contributed by atoms with van der Waals surface area (Å²) in [6.07, 6.45) is 1.27. The zero-order chi connectivity index (χ0) is 13.8. The van der Waals surface area contributed by atoms with Crippen LogP contribution >= 0.6 is 0 Å². The zero-order valence-electron chi connectivity index (χ0n) is 10.9. The van der Waals surface area contributed by atoms with E-state index in [4.69, 9.17) is 10.5 Å². The number of carbonyl (C=O) groups excluding carboxylic acids is 1. The second-order valence-electron chi connectivity index (χ2n) is 4.56. The van der Waals surface area contributed by atoms with Crippen LogP contribution in [-0.2, 0) is 6.42 Å². The minimum absolute atomic E-state index is 0.0269. The molecule has 1 aliphatic heterocycles. The van der Waals surface area contributed by atoms with Gasteiger partial charge in [-0.3, -0.25) is 4.79 Å². The summed E-state index contributed by atoms with van der Waals surface area (Å²) in [5.74, 6) is 0.656. The van der Waals surface area contributed by atoms with E-state index in [9.17, 15) is 9.18 Å². The normalized spacial score (nSPS) is 15.4. The van der Waals surface area contributed by atoms with Crippen molar-refractivity contribution in [2.75, 3.05) is 26.7 Å². The smallest absolute Gasteiger partial charge is 0.253 e. The number of nitrogens with zero attached hydrogens (tertiary/aromatic N) is 1. The lowest BCUT2D eigenvalue weighted by Crippen LogP contribution is -2.34. The number of benzene rings is 1. The van der Waals surface area contributed by atoms with Crippen molar-refractivity contribution >= 4 is 5.91 Å². The quantitative estimate of drug-likeness (QED) is 0.896. The molecule has 0 fully saturated rings. The molecular formula is C14H17FN2O2. The van der Waals surface area contributed by atoms with Crippen molar-refractivity contribution in [2.45, 2.75) is 6.42 Å². The Balaban J connectivity index is 2.12. The highest BCUT2D eigenvalue weighted by Crippen LogP contribution is 2.23. The van der Waals surface area contributed by atoms with Crippen molar-refractivity contribution in [3.63, 3.8) is 0 Å². The van der Waals surface area contributed by atoms with Crippen molar-refractivity contribution in [2.24, 2.45) is 5.73 Å². The van der Waals surface area contributed by atoms with Crippen LogP contribution in [0.15, 0.2) is 30.1 Å². The van der Waals surface area contributed by atoms with Crippen LogP contribution in [0.3, 0.4) is 0 Å². The van der Waals surface area contributed by atoms with E-state index in [1.165, 1.54) is 0 Å². The van der Waals surface area contributed by atoms with Crippen LogP contribution in [-0.4, -0.2) is 37.6 Å². The van der Waals surface area contributed by atoms with Crippen molar-refractivity contribution in [1.29, 1.82) is 0 Å².